The van der Waals surface area contributed by atoms with Gasteiger partial charge in [-0.15, -0.1) is 10.2 Å². The van der Waals surface area contributed by atoms with Crippen molar-refractivity contribution in [2.24, 2.45) is 0 Å². The molecular formula is C19H17ClFN5O2S. The lowest BCUT2D eigenvalue weighted by atomic mass is 10.0. The first-order valence-corrected chi connectivity index (χ1v) is 9.97. The van der Waals surface area contributed by atoms with E-state index in [9.17, 15) is 9.18 Å². The van der Waals surface area contributed by atoms with Gasteiger partial charge in [-0.1, -0.05) is 35.5 Å². The number of hydrogen-bond donors (Lipinski definition) is 2. The van der Waals surface area contributed by atoms with Gasteiger partial charge in [0.05, 0.1) is 18.2 Å². The summed E-state index contributed by atoms with van der Waals surface area (Å²) in [6.07, 6.45) is 0. The molecule has 1 aromatic heterocycles. The predicted molar refractivity (Wildman–Crippen MR) is 110 cm³/mol. The van der Waals surface area contributed by atoms with Crippen molar-refractivity contribution >= 4 is 35.0 Å². The summed E-state index contributed by atoms with van der Waals surface area (Å²) in [7, 11) is 1.60. The van der Waals surface area contributed by atoms with Crippen molar-refractivity contribution in [1.29, 1.82) is 0 Å². The topological polar surface area (TPSA) is 81.1 Å². The first kappa shape index (κ1) is 19.5. The first-order chi connectivity index (χ1) is 14.0. The molecule has 29 heavy (non-hydrogen) atoms. The SMILES string of the molecule is COc1ccc(C2Nn3c(C)nnc3SC2C(=O)Nc2ccc(F)c(Cl)c2)cc1. The Kier molecular flexibility index (Phi) is 5.33. The number of ether oxygens (including phenoxy) is 1. The summed E-state index contributed by atoms with van der Waals surface area (Å²) < 4.78 is 20.4. The second-order valence-electron chi connectivity index (χ2n) is 6.40. The Bertz CT molecular complexity index is 1060. The van der Waals surface area contributed by atoms with Gasteiger partial charge in [0.1, 0.15) is 22.6 Å². The molecule has 2 aromatic carbocycles. The van der Waals surface area contributed by atoms with Crippen LogP contribution in [0.1, 0.15) is 17.4 Å². The number of amides is 1. The van der Waals surface area contributed by atoms with Crippen LogP contribution in [0, 0.1) is 12.7 Å². The van der Waals surface area contributed by atoms with E-state index in [1.54, 1.807) is 11.8 Å². The minimum atomic E-state index is -0.552. The van der Waals surface area contributed by atoms with E-state index in [4.69, 9.17) is 16.3 Å². The molecular weight excluding hydrogens is 417 g/mol. The second kappa shape index (κ2) is 7.92. The summed E-state index contributed by atoms with van der Waals surface area (Å²) in [6.45, 7) is 1.83. The molecule has 2 heterocycles. The first-order valence-electron chi connectivity index (χ1n) is 8.71. The molecule has 4 rings (SSSR count). The zero-order valence-electron chi connectivity index (χ0n) is 15.5. The van der Waals surface area contributed by atoms with E-state index in [1.807, 2.05) is 31.2 Å². The van der Waals surface area contributed by atoms with E-state index in [2.05, 4.69) is 20.9 Å². The lowest BCUT2D eigenvalue weighted by Gasteiger charge is -2.32. The molecule has 0 spiro atoms. The van der Waals surface area contributed by atoms with Crippen LogP contribution < -0.4 is 15.5 Å². The fourth-order valence-corrected chi connectivity index (χ4v) is 4.31. The van der Waals surface area contributed by atoms with Crippen LogP contribution in [-0.2, 0) is 4.79 Å². The van der Waals surface area contributed by atoms with Crippen LogP contribution in [0.3, 0.4) is 0 Å². The Morgan fingerprint density at radius 2 is 2.03 bits per heavy atom. The largest absolute Gasteiger partial charge is 0.497 e. The van der Waals surface area contributed by atoms with Gasteiger partial charge in [0, 0.05) is 5.69 Å². The molecule has 7 nitrogen and oxygen atoms in total. The molecule has 3 aromatic rings. The maximum atomic E-state index is 13.4. The average molecular weight is 434 g/mol. The molecule has 2 unspecified atom stereocenters. The van der Waals surface area contributed by atoms with Gasteiger partial charge in [-0.2, -0.15) is 0 Å². The van der Waals surface area contributed by atoms with E-state index in [0.717, 1.165) is 11.3 Å². The molecule has 0 aliphatic carbocycles. The minimum Gasteiger partial charge on any atom is -0.497 e. The lowest BCUT2D eigenvalue weighted by Crippen LogP contribution is -2.41. The number of nitrogens with zero attached hydrogens (tertiary/aromatic N) is 3. The van der Waals surface area contributed by atoms with Crippen LogP contribution in [0.25, 0.3) is 0 Å². The molecule has 150 valence electrons. The van der Waals surface area contributed by atoms with Crippen LogP contribution in [0.15, 0.2) is 47.6 Å². The van der Waals surface area contributed by atoms with Crippen molar-refractivity contribution in [3.63, 3.8) is 0 Å². The molecule has 1 aliphatic heterocycles. The van der Waals surface area contributed by atoms with E-state index in [0.29, 0.717) is 16.7 Å². The summed E-state index contributed by atoms with van der Waals surface area (Å²) in [5.41, 5.74) is 4.63. The molecule has 1 aliphatic rings. The number of thioether (sulfide) groups is 1. The number of aromatic nitrogens is 3. The van der Waals surface area contributed by atoms with Crippen molar-refractivity contribution in [3.8, 4) is 5.75 Å². The highest BCUT2D eigenvalue weighted by molar-refractivity contribution is 8.00. The van der Waals surface area contributed by atoms with E-state index in [-0.39, 0.29) is 17.0 Å². The molecule has 2 atom stereocenters. The Hall–Kier alpha value is -2.78. The highest BCUT2D eigenvalue weighted by atomic mass is 35.5. The van der Waals surface area contributed by atoms with Crippen LogP contribution in [0.5, 0.6) is 5.75 Å². The van der Waals surface area contributed by atoms with Crippen molar-refractivity contribution in [3.05, 3.63) is 64.7 Å². The zero-order chi connectivity index (χ0) is 20.5. The third-order valence-corrected chi connectivity index (χ3v) is 6.02. The van der Waals surface area contributed by atoms with Crippen LogP contribution in [-0.4, -0.2) is 33.1 Å². The Balaban J connectivity index is 1.65. The van der Waals surface area contributed by atoms with Gasteiger partial charge >= 0.3 is 0 Å². The van der Waals surface area contributed by atoms with Crippen LogP contribution in [0.4, 0.5) is 10.1 Å². The summed E-state index contributed by atoms with van der Waals surface area (Å²) in [5, 5.41) is 11.0. The normalized spacial score (nSPS) is 17.9. The van der Waals surface area contributed by atoms with Crippen molar-refractivity contribution in [2.45, 2.75) is 23.4 Å². The summed E-state index contributed by atoms with van der Waals surface area (Å²) in [4.78, 5) is 13.1. The van der Waals surface area contributed by atoms with Gasteiger partial charge in [0.2, 0.25) is 11.1 Å². The van der Waals surface area contributed by atoms with E-state index >= 15 is 0 Å². The number of rotatable bonds is 4. The Labute approximate surface area is 175 Å². The number of methoxy groups -OCH3 is 1. The summed E-state index contributed by atoms with van der Waals surface area (Å²) in [6, 6.07) is 11.2. The van der Waals surface area contributed by atoms with Gasteiger partial charge in [-0.05, 0) is 42.8 Å². The van der Waals surface area contributed by atoms with Gasteiger partial charge in [0.15, 0.2) is 0 Å². The van der Waals surface area contributed by atoms with Gasteiger partial charge in [0.25, 0.3) is 0 Å². The number of aryl methyl sites for hydroxylation is 1. The predicted octanol–water partition coefficient (Wildman–Crippen LogP) is 3.79. The number of carbonyl (C=O) groups excluding carboxylic acids is 1. The third-order valence-electron chi connectivity index (χ3n) is 4.52. The number of halogens is 2. The fraction of sp³-hybridized carbons (Fsp3) is 0.211. The molecule has 1 amide bonds. The Morgan fingerprint density at radius 3 is 2.72 bits per heavy atom. The zero-order valence-corrected chi connectivity index (χ0v) is 17.1. The van der Waals surface area contributed by atoms with Crippen molar-refractivity contribution < 1.29 is 13.9 Å². The maximum Gasteiger partial charge on any atom is 0.240 e. The number of fused-ring (bicyclic) bond motifs is 1. The minimum absolute atomic E-state index is 0.0562. The highest BCUT2D eigenvalue weighted by Crippen LogP contribution is 2.38. The average Bonchev–Trinajstić information content (AvgIpc) is 3.10. The molecule has 2 N–H and O–H groups in total. The molecule has 0 fully saturated rings. The maximum absolute atomic E-state index is 13.4. The van der Waals surface area contributed by atoms with Gasteiger partial charge in [-0.3, -0.25) is 4.79 Å². The van der Waals surface area contributed by atoms with Gasteiger partial charge < -0.3 is 15.5 Å². The fourth-order valence-electron chi connectivity index (χ4n) is 3.01. The molecule has 0 saturated heterocycles. The monoisotopic (exact) mass is 433 g/mol. The van der Waals surface area contributed by atoms with E-state index in [1.165, 1.54) is 30.0 Å². The highest BCUT2D eigenvalue weighted by Gasteiger charge is 2.37. The summed E-state index contributed by atoms with van der Waals surface area (Å²) in [5.74, 6) is 0.603. The number of benzene rings is 2. The quantitative estimate of drug-likeness (QED) is 0.651. The second-order valence-corrected chi connectivity index (χ2v) is 7.92. The van der Waals surface area contributed by atoms with Gasteiger partial charge in [-0.25, -0.2) is 9.07 Å². The van der Waals surface area contributed by atoms with Crippen molar-refractivity contribution in [2.75, 3.05) is 17.9 Å². The molecule has 0 saturated carbocycles. The number of hydrogen-bond acceptors (Lipinski definition) is 6. The summed E-state index contributed by atoms with van der Waals surface area (Å²) >= 11 is 7.13. The number of nitrogens with one attached hydrogen (secondary N) is 2. The van der Waals surface area contributed by atoms with Crippen LogP contribution >= 0.6 is 23.4 Å². The number of anilines is 1. The van der Waals surface area contributed by atoms with Crippen LogP contribution in [0.2, 0.25) is 5.02 Å². The lowest BCUT2D eigenvalue weighted by molar-refractivity contribution is -0.116. The standard InChI is InChI=1S/C19H17ClFN5O2S/c1-10-23-24-19-26(10)25-16(11-3-6-13(28-2)7-4-11)17(29-19)18(27)22-12-5-8-15(21)14(20)9-12/h3-9,16-17,25H,1-2H3,(H,22,27). The molecule has 10 heteroatoms. The third kappa shape index (κ3) is 3.88. The smallest absolute Gasteiger partial charge is 0.240 e. The molecule has 0 radical (unpaired) electrons. The number of carbonyl (C=O) groups is 1. The van der Waals surface area contributed by atoms with E-state index < -0.39 is 11.1 Å². The Morgan fingerprint density at radius 1 is 1.28 bits per heavy atom. The van der Waals surface area contributed by atoms with Crippen molar-refractivity contribution in [1.82, 2.24) is 14.9 Å². The molecule has 0 bridgehead atoms.